The Morgan fingerprint density at radius 1 is 1.29 bits per heavy atom. The number of likely N-dealkylation sites (N-methyl/N-ethyl adjacent to an activating group) is 1. The molecule has 2 saturated heterocycles. The average Bonchev–Trinajstić information content (AvgIpc) is 2.93. The van der Waals surface area contributed by atoms with Crippen LogP contribution in [-0.2, 0) is 4.79 Å². The second kappa shape index (κ2) is 4.93. The van der Waals surface area contributed by atoms with Crippen molar-refractivity contribution in [3.63, 3.8) is 0 Å². The van der Waals surface area contributed by atoms with E-state index in [1.54, 1.807) is 22.5 Å². The predicted octanol–water partition coefficient (Wildman–Crippen LogP) is 3.79. The van der Waals surface area contributed by atoms with Crippen LogP contribution in [0.1, 0.15) is 39.0 Å². The Morgan fingerprint density at radius 2 is 2.10 bits per heavy atom. The molecular formula is C17H25FINO. The molecule has 3 fully saturated rings. The third-order valence-corrected chi connectivity index (χ3v) is 14.6. The number of amides is 1. The van der Waals surface area contributed by atoms with E-state index in [4.69, 9.17) is 0 Å². The summed E-state index contributed by atoms with van der Waals surface area (Å²) in [6, 6.07) is 0.215. The maximum absolute atomic E-state index is 14.2. The number of hydrogen-bond acceptors (Lipinski definition) is 1. The number of fused-ring (bicyclic) bond motifs is 5. The van der Waals surface area contributed by atoms with E-state index in [0.717, 1.165) is 16.3 Å². The molecule has 1 saturated carbocycles. The van der Waals surface area contributed by atoms with Gasteiger partial charge in [-0.2, -0.15) is 0 Å². The van der Waals surface area contributed by atoms with Crippen LogP contribution >= 0.6 is 19.8 Å². The molecule has 1 aliphatic carbocycles. The van der Waals surface area contributed by atoms with Crippen LogP contribution in [0, 0.1) is 17.3 Å². The van der Waals surface area contributed by atoms with Gasteiger partial charge in [-0.1, -0.05) is 0 Å². The number of rotatable bonds is 0. The van der Waals surface area contributed by atoms with Gasteiger partial charge in [-0.25, -0.2) is 0 Å². The fourth-order valence-electron chi connectivity index (χ4n) is 5.66. The summed E-state index contributed by atoms with van der Waals surface area (Å²) in [6.45, 7) is 2.23. The first-order valence-electron chi connectivity index (χ1n) is 8.28. The Bertz CT molecular complexity index is 507. The Kier molecular flexibility index (Phi) is 3.40. The Balaban J connectivity index is 1.72. The molecule has 4 aliphatic rings. The zero-order valence-corrected chi connectivity index (χ0v) is 15.1. The predicted molar refractivity (Wildman–Crippen MR) is 91.5 cm³/mol. The zero-order chi connectivity index (χ0) is 14.8. The fourth-order valence-corrected chi connectivity index (χ4v) is 14.2. The summed E-state index contributed by atoms with van der Waals surface area (Å²) in [5.41, 5.74) is -0.125. The molecule has 0 N–H and O–H groups in total. The van der Waals surface area contributed by atoms with Crippen molar-refractivity contribution in [1.29, 1.82) is 0 Å². The van der Waals surface area contributed by atoms with Gasteiger partial charge in [0, 0.05) is 0 Å². The topological polar surface area (TPSA) is 20.3 Å². The average molecular weight is 405 g/mol. The van der Waals surface area contributed by atoms with Crippen LogP contribution in [0.3, 0.4) is 0 Å². The molecule has 0 aromatic heterocycles. The van der Waals surface area contributed by atoms with Gasteiger partial charge in [-0.3, -0.25) is 0 Å². The quantitative estimate of drug-likeness (QED) is 0.444. The first-order valence-corrected chi connectivity index (χ1v) is 12.6. The summed E-state index contributed by atoms with van der Waals surface area (Å²) in [4.78, 5) is 13.7. The van der Waals surface area contributed by atoms with Crippen molar-refractivity contribution in [1.82, 2.24) is 4.90 Å². The summed E-state index contributed by atoms with van der Waals surface area (Å²) in [6.07, 6.45) is 8.27. The summed E-state index contributed by atoms with van der Waals surface area (Å²) >= 11 is -0.685. The molecule has 3 heterocycles. The van der Waals surface area contributed by atoms with E-state index in [0.29, 0.717) is 5.92 Å². The van der Waals surface area contributed by atoms with Crippen LogP contribution in [0.25, 0.3) is 0 Å². The molecule has 2 nitrogen and oxygen atoms in total. The number of alkyl halides is 3. The van der Waals surface area contributed by atoms with Crippen molar-refractivity contribution >= 4 is 25.7 Å². The maximum atomic E-state index is 14.2. The zero-order valence-electron chi connectivity index (χ0n) is 12.9. The second-order valence-electron chi connectivity index (χ2n) is 7.46. The third-order valence-electron chi connectivity index (χ3n) is 6.62. The van der Waals surface area contributed by atoms with Gasteiger partial charge in [0.2, 0.25) is 0 Å². The Labute approximate surface area is 133 Å². The minimum atomic E-state index is -0.685. The van der Waals surface area contributed by atoms with Gasteiger partial charge in [0.05, 0.1) is 0 Å². The van der Waals surface area contributed by atoms with Crippen LogP contribution in [0.5, 0.6) is 0 Å². The fraction of sp³-hybridized carbons (Fsp3) is 0.824. The van der Waals surface area contributed by atoms with Crippen molar-refractivity contribution in [3.05, 3.63) is 11.9 Å². The van der Waals surface area contributed by atoms with Gasteiger partial charge < -0.3 is 0 Å². The van der Waals surface area contributed by atoms with Gasteiger partial charge in [-0.05, 0) is 0 Å². The van der Waals surface area contributed by atoms with Crippen LogP contribution in [0.15, 0.2) is 11.9 Å². The third kappa shape index (κ3) is 1.96. The van der Waals surface area contributed by atoms with Crippen LogP contribution in [0.4, 0.5) is 4.39 Å². The van der Waals surface area contributed by atoms with E-state index in [1.165, 1.54) is 30.1 Å². The molecule has 0 aromatic carbocycles. The van der Waals surface area contributed by atoms with E-state index < -0.39 is 31.6 Å². The monoisotopic (exact) mass is 405 g/mol. The molecule has 4 rings (SSSR count). The SMILES string of the molecule is CN1C(=O)C(F)=CC2(C)C3CCI4CCCC4C3CCC12. The second-order valence-corrected chi connectivity index (χ2v) is 14.1. The Hall–Kier alpha value is -0.130. The molecule has 0 bridgehead atoms. The molecule has 4 heteroatoms. The first kappa shape index (κ1) is 14.5. The number of hydrogen-bond donors (Lipinski definition) is 0. The van der Waals surface area contributed by atoms with Crippen molar-refractivity contribution < 1.29 is 9.18 Å². The van der Waals surface area contributed by atoms with Crippen molar-refractivity contribution in [2.75, 3.05) is 15.9 Å². The van der Waals surface area contributed by atoms with E-state index in [-0.39, 0.29) is 11.5 Å². The molecule has 118 valence electrons. The molecule has 0 spiro atoms. The van der Waals surface area contributed by atoms with Gasteiger partial charge in [0.15, 0.2) is 0 Å². The number of halogens is 2. The van der Waals surface area contributed by atoms with Gasteiger partial charge >= 0.3 is 134 Å². The van der Waals surface area contributed by atoms with E-state index in [2.05, 4.69) is 6.92 Å². The number of carbonyl (C=O) groups excluding carboxylic acids is 1. The molecule has 0 radical (unpaired) electrons. The van der Waals surface area contributed by atoms with Crippen LogP contribution in [0.2, 0.25) is 0 Å². The van der Waals surface area contributed by atoms with Crippen LogP contribution < -0.4 is 0 Å². The molecule has 1 amide bonds. The van der Waals surface area contributed by atoms with Crippen molar-refractivity contribution in [2.45, 2.75) is 49.0 Å². The van der Waals surface area contributed by atoms with E-state index >= 15 is 0 Å². The van der Waals surface area contributed by atoms with Crippen molar-refractivity contribution in [2.24, 2.45) is 17.3 Å². The minimum absolute atomic E-state index is 0.125. The standard InChI is InChI=1S/C17H25FINO/c1-17-10-13(18)16(21)20(2)15(17)6-5-11-12(17)7-9-19-8-3-4-14(11)19/h10-12,14-15H,3-9H2,1-2H3. The van der Waals surface area contributed by atoms with E-state index in [1.807, 2.05) is 0 Å². The Morgan fingerprint density at radius 3 is 2.90 bits per heavy atom. The summed E-state index contributed by atoms with van der Waals surface area (Å²) in [7, 11) is 1.80. The molecule has 3 aliphatic heterocycles. The molecule has 21 heavy (non-hydrogen) atoms. The van der Waals surface area contributed by atoms with Crippen LogP contribution in [-0.4, -0.2) is 36.7 Å². The molecular weight excluding hydrogens is 380 g/mol. The first-order chi connectivity index (χ1) is 10.0. The summed E-state index contributed by atoms with van der Waals surface area (Å²) < 4.78 is 18.2. The molecule has 0 aromatic rings. The van der Waals surface area contributed by atoms with Gasteiger partial charge in [0.1, 0.15) is 0 Å². The summed E-state index contributed by atoms with van der Waals surface area (Å²) in [5.74, 6) is 0.526. The van der Waals surface area contributed by atoms with Crippen molar-refractivity contribution in [3.8, 4) is 0 Å². The summed E-state index contributed by atoms with van der Waals surface area (Å²) in [5, 5.41) is 0. The number of nitrogens with zero attached hydrogens (tertiary/aromatic N) is 1. The van der Waals surface area contributed by atoms with Gasteiger partial charge in [-0.15, -0.1) is 0 Å². The molecule has 5 atom stereocenters. The molecule has 5 unspecified atom stereocenters. The van der Waals surface area contributed by atoms with Gasteiger partial charge in [0.25, 0.3) is 0 Å². The normalized spacial score (nSPS) is 47.6. The number of carbonyl (C=O) groups is 1. The van der Waals surface area contributed by atoms with E-state index in [9.17, 15) is 9.18 Å².